The molecule has 0 amide bonds. The van der Waals surface area contributed by atoms with Crippen LogP contribution in [0.25, 0.3) is 0 Å². The SMILES string of the molecule is COC(=O)C(C)(C)C(=O)c1ccccc1Br. The van der Waals surface area contributed by atoms with Crippen LogP contribution in [0.1, 0.15) is 24.2 Å². The smallest absolute Gasteiger partial charge is 0.319 e. The molecule has 3 nitrogen and oxygen atoms in total. The molecule has 86 valence electrons. The lowest BCUT2D eigenvalue weighted by molar-refractivity contribution is -0.147. The molecule has 0 N–H and O–H groups in total. The van der Waals surface area contributed by atoms with E-state index in [4.69, 9.17) is 0 Å². The molecule has 0 aromatic heterocycles. The number of carbonyl (C=O) groups excluding carboxylic acids is 2. The van der Waals surface area contributed by atoms with E-state index in [0.717, 1.165) is 0 Å². The molecular weight excluding hydrogens is 272 g/mol. The maximum Gasteiger partial charge on any atom is 0.319 e. The van der Waals surface area contributed by atoms with Crippen LogP contribution in [0.3, 0.4) is 0 Å². The van der Waals surface area contributed by atoms with Crippen molar-refractivity contribution in [2.75, 3.05) is 7.11 Å². The summed E-state index contributed by atoms with van der Waals surface area (Å²) in [6.45, 7) is 3.11. The quantitative estimate of drug-likeness (QED) is 0.487. The summed E-state index contributed by atoms with van der Waals surface area (Å²) in [6.07, 6.45) is 0. The highest BCUT2D eigenvalue weighted by Crippen LogP contribution is 2.27. The Labute approximate surface area is 103 Å². The van der Waals surface area contributed by atoms with Crippen molar-refractivity contribution in [3.63, 3.8) is 0 Å². The van der Waals surface area contributed by atoms with Crippen molar-refractivity contribution in [1.29, 1.82) is 0 Å². The van der Waals surface area contributed by atoms with Gasteiger partial charge in [-0.15, -0.1) is 0 Å². The second-order valence-corrected chi connectivity index (χ2v) is 4.78. The third kappa shape index (κ3) is 2.32. The zero-order valence-electron chi connectivity index (χ0n) is 9.41. The third-order valence-corrected chi connectivity index (χ3v) is 3.07. The number of carbonyl (C=O) groups is 2. The summed E-state index contributed by atoms with van der Waals surface area (Å²) >= 11 is 3.29. The van der Waals surface area contributed by atoms with Crippen molar-refractivity contribution in [3.8, 4) is 0 Å². The van der Waals surface area contributed by atoms with Gasteiger partial charge in [0.2, 0.25) is 0 Å². The maximum absolute atomic E-state index is 12.2. The Kier molecular flexibility index (Phi) is 3.86. The first-order chi connectivity index (χ1) is 7.41. The number of hydrogen-bond donors (Lipinski definition) is 0. The van der Waals surface area contributed by atoms with Gasteiger partial charge in [-0.1, -0.05) is 34.1 Å². The van der Waals surface area contributed by atoms with E-state index in [2.05, 4.69) is 20.7 Å². The van der Waals surface area contributed by atoms with Gasteiger partial charge in [-0.25, -0.2) is 0 Å². The zero-order chi connectivity index (χ0) is 12.3. The van der Waals surface area contributed by atoms with Crippen molar-refractivity contribution >= 4 is 27.7 Å². The summed E-state index contributed by atoms with van der Waals surface area (Å²) in [4.78, 5) is 23.7. The van der Waals surface area contributed by atoms with Crippen LogP contribution in [0, 0.1) is 5.41 Å². The second kappa shape index (κ2) is 4.78. The Bertz CT molecular complexity index is 424. The van der Waals surface area contributed by atoms with E-state index in [0.29, 0.717) is 10.0 Å². The molecule has 0 bridgehead atoms. The minimum atomic E-state index is -1.17. The number of rotatable bonds is 3. The minimum absolute atomic E-state index is 0.258. The molecule has 0 aliphatic heterocycles. The van der Waals surface area contributed by atoms with Crippen molar-refractivity contribution in [1.82, 2.24) is 0 Å². The Balaban J connectivity index is 3.12. The van der Waals surface area contributed by atoms with Gasteiger partial charge in [0.15, 0.2) is 5.78 Å². The number of benzene rings is 1. The van der Waals surface area contributed by atoms with Crippen LogP contribution >= 0.6 is 15.9 Å². The molecule has 0 spiro atoms. The molecule has 0 aliphatic carbocycles. The lowest BCUT2D eigenvalue weighted by Crippen LogP contribution is -2.34. The summed E-state index contributed by atoms with van der Waals surface area (Å²) in [6, 6.07) is 7.01. The lowest BCUT2D eigenvalue weighted by atomic mass is 9.84. The van der Waals surface area contributed by atoms with Crippen LogP contribution in [0.2, 0.25) is 0 Å². The molecule has 0 unspecified atom stereocenters. The van der Waals surface area contributed by atoms with Crippen LogP contribution < -0.4 is 0 Å². The van der Waals surface area contributed by atoms with Crippen molar-refractivity contribution in [3.05, 3.63) is 34.3 Å². The van der Waals surface area contributed by atoms with E-state index in [1.54, 1.807) is 32.0 Å². The van der Waals surface area contributed by atoms with Gasteiger partial charge in [-0.05, 0) is 19.9 Å². The van der Waals surface area contributed by atoms with E-state index in [-0.39, 0.29) is 5.78 Å². The highest BCUT2D eigenvalue weighted by atomic mass is 79.9. The van der Waals surface area contributed by atoms with Gasteiger partial charge in [0.05, 0.1) is 7.11 Å². The molecule has 1 aromatic carbocycles. The average Bonchev–Trinajstić information content (AvgIpc) is 2.27. The molecule has 0 heterocycles. The van der Waals surface area contributed by atoms with E-state index in [1.165, 1.54) is 7.11 Å². The molecule has 1 aromatic rings. The van der Waals surface area contributed by atoms with Crippen molar-refractivity contribution in [2.45, 2.75) is 13.8 Å². The number of Topliss-reactive ketones (excluding diaryl/α,β-unsaturated/α-hetero) is 1. The van der Waals surface area contributed by atoms with Gasteiger partial charge >= 0.3 is 5.97 Å². The highest BCUT2D eigenvalue weighted by Gasteiger charge is 2.38. The van der Waals surface area contributed by atoms with Gasteiger partial charge < -0.3 is 4.74 Å². The number of esters is 1. The van der Waals surface area contributed by atoms with Gasteiger partial charge in [-0.3, -0.25) is 9.59 Å². The average molecular weight is 285 g/mol. The first-order valence-electron chi connectivity index (χ1n) is 4.79. The Morgan fingerprint density at radius 2 is 1.81 bits per heavy atom. The van der Waals surface area contributed by atoms with Gasteiger partial charge in [-0.2, -0.15) is 0 Å². The van der Waals surface area contributed by atoms with Crippen molar-refractivity contribution < 1.29 is 14.3 Å². The monoisotopic (exact) mass is 284 g/mol. The van der Waals surface area contributed by atoms with Gasteiger partial charge in [0.1, 0.15) is 5.41 Å². The van der Waals surface area contributed by atoms with Crippen LogP contribution in [0.15, 0.2) is 28.7 Å². The van der Waals surface area contributed by atoms with E-state index in [9.17, 15) is 9.59 Å². The van der Waals surface area contributed by atoms with Crippen LogP contribution in [-0.4, -0.2) is 18.9 Å². The molecule has 4 heteroatoms. The van der Waals surface area contributed by atoms with Gasteiger partial charge in [0.25, 0.3) is 0 Å². The Hall–Kier alpha value is -1.16. The molecule has 0 atom stereocenters. The molecular formula is C12H13BrO3. The van der Waals surface area contributed by atoms with E-state index >= 15 is 0 Å². The molecule has 0 saturated carbocycles. The van der Waals surface area contributed by atoms with E-state index < -0.39 is 11.4 Å². The Morgan fingerprint density at radius 1 is 1.25 bits per heavy atom. The number of methoxy groups -OCH3 is 1. The maximum atomic E-state index is 12.2. The summed E-state index contributed by atoms with van der Waals surface area (Å²) < 4.78 is 5.30. The summed E-state index contributed by atoms with van der Waals surface area (Å²) in [5.74, 6) is -0.792. The minimum Gasteiger partial charge on any atom is -0.468 e. The largest absolute Gasteiger partial charge is 0.468 e. The topological polar surface area (TPSA) is 43.4 Å². The standard InChI is InChI=1S/C12H13BrO3/c1-12(2,11(15)16-3)10(14)8-6-4-5-7-9(8)13/h4-7H,1-3H3. The normalized spacial score (nSPS) is 11.0. The molecule has 0 aliphatic rings. The van der Waals surface area contributed by atoms with Crippen LogP contribution in [0.5, 0.6) is 0 Å². The predicted molar refractivity (Wildman–Crippen MR) is 64.3 cm³/mol. The highest BCUT2D eigenvalue weighted by molar-refractivity contribution is 9.10. The number of halogens is 1. The molecule has 0 saturated heterocycles. The fraction of sp³-hybridized carbons (Fsp3) is 0.333. The lowest BCUT2D eigenvalue weighted by Gasteiger charge is -2.20. The fourth-order valence-corrected chi connectivity index (χ4v) is 1.79. The number of ketones is 1. The zero-order valence-corrected chi connectivity index (χ0v) is 11.0. The third-order valence-electron chi connectivity index (χ3n) is 2.38. The summed E-state index contributed by atoms with van der Waals surface area (Å²) in [5, 5.41) is 0. The van der Waals surface area contributed by atoms with E-state index in [1.807, 2.05) is 6.07 Å². The predicted octanol–water partition coefficient (Wildman–Crippen LogP) is 2.83. The molecule has 0 radical (unpaired) electrons. The summed E-state index contributed by atoms with van der Waals surface area (Å²) in [5.41, 5.74) is -0.684. The fourth-order valence-electron chi connectivity index (χ4n) is 1.33. The van der Waals surface area contributed by atoms with Crippen LogP contribution in [0.4, 0.5) is 0 Å². The molecule has 0 fully saturated rings. The van der Waals surface area contributed by atoms with Crippen molar-refractivity contribution in [2.24, 2.45) is 5.41 Å². The molecule has 16 heavy (non-hydrogen) atoms. The van der Waals surface area contributed by atoms with Gasteiger partial charge in [0, 0.05) is 10.0 Å². The second-order valence-electron chi connectivity index (χ2n) is 3.93. The first-order valence-corrected chi connectivity index (χ1v) is 5.58. The van der Waals surface area contributed by atoms with Crippen LogP contribution in [-0.2, 0) is 9.53 Å². The first kappa shape index (κ1) is 12.9. The Morgan fingerprint density at radius 3 is 2.31 bits per heavy atom. The molecule has 1 rings (SSSR count). The number of ether oxygens (including phenoxy) is 1. The summed E-state index contributed by atoms with van der Waals surface area (Å²) in [7, 11) is 1.28. The number of hydrogen-bond acceptors (Lipinski definition) is 3.